The summed E-state index contributed by atoms with van der Waals surface area (Å²) >= 11 is 0. The smallest absolute Gasteiger partial charge is 0.410 e. The Kier molecular flexibility index (Phi) is 3.99. The van der Waals surface area contributed by atoms with Gasteiger partial charge in [-0.25, -0.2) is 4.79 Å². The molecule has 1 unspecified atom stereocenters. The number of hydrogen-bond donors (Lipinski definition) is 1. The quantitative estimate of drug-likeness (QED) is 0.897. The average molecular weight is 281 g/mol. The SMILES string of the molecule is CC(NC1CN(C(=O)OC(C)(C)C)C1)c1nncn1C. The molecule has 0 spiro atoms. The molecular formula is C13H23N5O2. The van der Waals surface area contributed by atoms with Crippen LogP contribution in [0.3, 0.4) is 0 Å². The molecular weight excluding hydrogens is 258 g/mol. The monoisotopic (exact) mass is 281 g/mol. The topological polar surface area (TPSA) is 72.3 Å². The van der Waals surface area contributed by atoms with Crippen molar-refractivity contribution in [3.63, 3.8) is 0 Å². The Morgan fingerprint density at radius 2 is 2.15 bits per heavy atom. The summed E-state index contributed by atoms with van der Waals surface area (Å²) in [7, 11) is 1.92. The van der Waals surface area contributed by atoms with Crippen LogP contribution in [0.15, 0.2) is 6.33 Å². The van der Waals surface area contributed by atoms with Crippen LogP contribution in [0.4, 0.5) is 4.79 Å². The molecule has 0 radical (unpaired) electrons. The molecule has 1 fully saturated rings. The van der Waals surface area contributed by atoms with Gasteiger partial charge in [0.2, 0.25) is 0 Å². The molecule has 0 bridgehead atoms. The summed E-state index contributed by atoms with van der Waals surface area (Å²) in [5.74, 6) is 0.890. The van der Waals surface area contributed by atoms with Crippen LogP contribution in [0, 0.1) is 0 Å². The summed E-state index contributed by atoms with van der Waals surface area (Å²) in [6.07, 6.45) is 1.43. The number of rotatable bonds is 3. The number of likely N-dealkylation sites (tertiary alicyclic amines) is 1. The number of hydrogen-bond acceptors (Lipinski definition) is 5. The van der Waals surface area contributed by atoms with E-state index in [2.05, 4.69) is 15.5 Å². The van der Waals surface area contributed by atoms with E-state index in [0.717, 1.165) is 5.82 Å². The highest BCUT2D eigenvalue weighted by atomic mass is 16.6. The van der Waals surface area contributed by atoms with E-state index < -0.39 is 5.60 Å². The lowest BCUT2D eigenvalue weighted by atomic mass is 10.1. The third-order valence-electron chi connectivity index (χ3n) is 3.15. The van der Waals surface area contributed by atoms with Crippen molar-refractivity contribution in [2.75, 3.05) is 13.1 Å². The minimum Gasteiger partial charge on any atom is -0.444 e. The van der Waals surface area contributed by atoms with Crippen LogP contribution in [0.2, 0.25) is 0 Å². The van der Waals surface area contributed by atoms with E-state index in [9.17, 15) is 4.79 Å². The zero-order valence-corrected chi connectivity index (χ0v) is 12.8. The molecule has 1 N–H and O–H groups in total. The Morgan fingerprint density at radius 1 is 1.50 bits per heavy atom. The number of aromatic nitrogens is 3. The highest BCUT2D eigenvalue weighted by Crippen LogP contribution is 2.17. The van der Waals surface area contributed by atoms with Crippen LogP contribution in [-0.2, 0) is 11.8 Å². The number of ether oxygens (including phenoxy) is 1. The van der Waals surface area contributed by atoms with Gasteiger partial charge in [0, 0.05) is 26.2 Å². The van der Waals surface area contributed by atoms with Gasteiger partial charge in [-0.2, -0.15) is 0 Å². The van der Waals surface area contributed by atoms with Crippen molar-refractivity contribution in [2.24, 2.45) is 7.05 Å². The lowest BCUT2D eigenvalue weighted by Gasteiger charge is -2.41. The maximum absolute atomic E-state index is 11.8. The lowest BCUT2D eigenvalue weighted by Crippen LogP contribution is -2.60. The van der Waals surface area contributed by atoms with Gasteiger partial charge in [-0.15, -0.1) is 10.2 Å². The Bertz CT molecular complexity index is 473. The first-order chi connectivity index (χ1) is 9.26. The summed E-state index contributed by atoms with van der Waals surface area (Å²) in [4.78, 5) is 13.5. The molecule has 20 heavy (non-hydrogen) atoms. The number of nitrogens with zero attached hydrogens (tertiary/aromatic N) is 4. The first-order valence-electron chi connectivity index (χ1n) is 6.84. The van der Waals surface area contributed by atoms with E-state index in [-0.39, 0.29) is 18.2 Å². The number of carbonyl (C=O) groups is 1. The van der Waals surface area contributed by atoms with Crippen LogP contribution in [-0.4, -0.2) is 50.5 Å². The molecule has 0 aliphatic carbocycles. The first-order valence-corrected chi connectivity index (χ1v) is 6.84. The van der Waals surface area contributed by atoms with Gasteiger partial charge in [-0.05, 0) is 27.7 Å². The maximum Gasteiger partial charge on any atom is 0.410 e. The van der Waals surface area contributed by atoms with Gasteiger partial charge in [-0.3, -0.25) is 0 Å². The van der Waals surface area contributed by atoms with Gasteiger partial charge >= 0.3 is 6.09 Å². The van der Waals surface area contributed by atoms with Gasteiger partial charge in [-0.1, -0.05) is 0 Å². The Hall–Kier alpha value is -1.63. The average Bonchev–Trinajstić information content (AvgIpc) is 2.66. The van der Waals surface area contributed by atoms with Crippen molar-refractivity contribution in [2.45, 2.75) is 45.4 Å². The van der Waals surface area contributed by atoms with E-state index in [0.29, 0.717) is 13.1 Å². The molecule has 2 rings (SSSR count). The highest BCUT2D eigenvalue weighted by molar-refractivity contribution is 5.69. The van der Waals surface area contributed by atoms with E-state index in [4.69, 9.17) is 4.74 Å². The second-order valence-corrected chi connectivity index (χ2v) is 6.27. The van der Waals surface area contributed by atoms with Gasteiger partial charge in [0.15, 0.2) is 0 Å². The summed E-state index contributed by atoms with van der Waals surface area (Å²) < 4.78 is 7.21. The molecule has 0 aromatic carbocycles. The summed E-state index contributed by atoms with van der Waals surface area (Å²) in [6, 6.07) is 0.377. The van der Waals surface area contributed by atoms with Crippen molar-refractivity contribution in [1.29, 1.82) is 0 Å². The number of aryl methyl sites for hydroxylation is 1. The van der Waals surface area contributed by atoms with E-state index >= 15 is 0 Å². The third-order valence-corrected chi connectivity index (χ3v) is 3.15. The predicted molar refractivity (Wildman–Crippen MR) is 74.1 cm³/mol. The molecule has 1 aliphatic heterocycles. The van der Waals surface area contributed by atoms with E-state index in [1.165, 1.54) is 0 Å². The molecule has 112 valence electrons. The lowest BCUT2D eigenvalue weighted by molar-refractivity contribution is 0.00421. The Labute approximate surface area is 119 Å². The third kappa shape index (κ3) is 3.47. The molecule has 1 aromatic rings. The largest absolute Gasteiger partial charge is 0.444 e. The second-order valence-electron chi connectivity index (χ2n) is 6.27. The molecule has 2 heterocycles. The molecule has 1 aromatic heterocycles. The summed E-state index contributed by atoms with van der Waals surface area (Å²) in [5, 5.41) is 11.4. The Morgan fingerprint density at radius 3 is 2.65 bits per heavy atom. The number of amides is 1. The standard InChI is InChI=1S/C13H23N5O2/c1-9(11-16-14-8-17(11)5)15-10-6-18(7-10)12(19)20-13(2,3)4/h8-10,15H,6-7H2,1-5H3. The minimum absolute atomic E-state index is 0.105. The zero-order chi connectivity index (χ0) is 14.9. The van der Waals surface area contributed by atoms with Crippen LogP contribution in [0.5, 0.6) is 0 Å². The highest BCUT2D eigenvalue weighted by Gasteiger charge is 2.34. The molecule has 7 heteroatoms. The molecule has 1 atom stereocenters. The van der Waals surface area contributed by atoms with Crippen molar-refractivity contribution >= 4 is 6.09 Å². The van der Waals surface area contributed by atoms with Gasteiger partial charge in [0.05, 0.1) is 6.04 Å². The fraction of sp³-hybridized carbons (Fsp3) is 0.769. The molecule has 0 saturated carbocycles. The summed E-state index contributed by atoms with van der Waals surface area (Å²) in [5.41, 5.74) is -0.443. The van der Waals surface area contributed by atoms with E-state index in [1.807, 2.05) is 39.3 Å². The van der Waals surface area contributed by atoms with Crippen LogP contribution in [0.1, 0.15) is 39.6 Å². The second kappa shape index (κ2) is 5.40. The fourth-order valence-corrected chi connectivity index (χ4v) is 2.17. The number of carbonyl (C=O) groups excluding carboxylic acids is 1. The molecule has 1 amide bonds. The van der Waals surface area contributed by atoms with Crippen molar-refractivity contribution < 1.29 is 9.53 Å². The van der Waals surface area contributed by atoms with Crippen molar-refractivity contribution in [3.8, 4) is 0 Å². The summed E-state index contributed by atoms with van der Waals surface area (Å²) in [6.45, 7) is 8.98. The minimum atomic E-state index is -0.443. The van der Waals surface area contributed by atoms with Crippen LogP contribution < -0.4 is 5.32 Å². The fourth-order valence-electron chi connectivity index (χ4n) is 2.17. The van der Waals surface area contributed by atoms with Gasteiger partial charge in [0.25, 0.3) is 0 Å². The van der Waals surface area contributed by atoms with Gasteiger partial charge < -0.3 is 19.5 Å². The Balaban J connectivity index is 1.77. The predicted octanol–water partition coefficient (Wildman–Crippen LogP) is 1.08. The van der Waals surface area contributed by atoms with E-state index in [1.54, 1.807) is 11.2 Å². The maximum atomic E-state index is 11.8. The number of nitrogens with one attached hydrogen (secondary N) is 1. The van der Waals surface area contributed by atoms with Gasteiger partial charge in [0.1, 0.15) is 17.8 Å². The zero-order valence-electron chi connectivity index (χ0n) is 12.8. The van der Waals surface area contributed by atoms with Crippen LogP contribution >= 0.6 is 0 Å². The first kappa shape index (κ1) is 14.8. The molecule has 7 nitrogen and oxygen atoms in total. The van der Waals surface area contributed by atoms with Crippen LogP contribution in [0.25, 0.3) is 0 Å². The normalized spacial score (nSPS) is 17.8. The van der Waals surface area contributed by atoms with Crippen molar-refractivity contribution in [1.82, 2.24) is 25.0 Å². The molecule has 1 aliphatic rings. The molecule has 1 saturated heterocycles. The van der Waals surface area contributed by atoms with Crippen molar-refractivity contribution in [3.05, 3.63) is 12.2 Å².